The molecular formula is C23H22FN3O3S. The number of morpholine rings is 1. The van der Waals surface area contributed by atoms with Crippen LogP contribution in [0.4, 0.5) is 4.39 Å². The Hall–Kier alpha value is -3.10. The number of amides is 2. The van der Waals surface area contributed by atoms with Crippen LogP contribution < -0.4 is 4.80 Å². The minimum Gasteiger partial charge on any atom is -0.378 e. The maximum absolute atomic E-state index is 13.9. The number of thiazole rings is 1. The quantitative estimate of drug-likeness (QED) is 0.627. The third-order valence-corrected chi connectivity index (χ3v) is 6.09. The Labute approximate surface area is 183 Å². The summed E-state index contributed by atoms with van der Waals surface area (Å²) in [5.41, 5.74) is 2.41. The number of benzene rings is 2. The summed E-state index contributed by atoms with van der Waals surface area (Å²) in [6.45, 7) is 4.65. The second kappa shape index (κ2) is 9.36. The van der Waals surface area contributed by atoms with Crippen LogP contribution in [0.25, 0.3) is 0 Å². The molecule has 31 heavy (non-hydrogen) atoms. The summed E-state index contributed by atoms with van der Waals surface area (Å²) in [5.74, 6) is -1.23. The van der Waals surface area contributed by atoms with Crippen molar-refractivity contribution < 1.29 is 18.7 Å². The summed E-state index contributed by atoms with van der Waals surface area (Å²) < 4.78 is 21.2. The zero-order valence-corrected chi connectivity index (χ0v) is 17.9. The molecule has 0 bridgehead atoms. The first kappa shape index (κ1) is 21.1. The molecular weight excluding hydrogens is 417 g/mol. The van der Waals surface area contributed by atoms with E-state index in [1.165, 1.54) is 29.5 Å². The lowest BCUT2D eigenvalue weighted by molar-refractivity contribution is 0.0303. The Balaban J connectivity index is 1.59. The number of carbonyl (C=O) groups is 2. The fourth-order valence-electron chi connectivity index (χ4n) is 3.41. The van der Waals surface area contributed by atoms with Crippen molar-refractivity contribution in [3.8, 4) is 0 Å². The van der Waals surface area contributed by atoms with E-state index in [0.29, 0.717) is 43.2 Å². The smallest absolute Gasteiger partial charge is 0.282 e. The molecule has 1 aliphatic rings. The lowest BCUT2D eigenvalue weighted by Gasteiger charge is -2.27. The van der Waals surface area contributed by atoms with Crippen LogP contribution in [0.2, 0.25) is 0 Å². The number of hydrogen-bond acceptors (Lipinski definition) is 4. The first-order valence-electron chi connectivity index (χ1n) is 9.97. The van der Waals surface area contributed by atoms with Gasteiger partial charge in [0, 0.05) is 29.7 Å². The number of nitrogens with zero attached hydrogens (tertiary/aromatic N) is 3. The van der Waals surface area contributed by atoms with Gasteiger partial charge < -0.3 is 14.2 Å². The zero-order chi connectivity index (χ0) is 21.8. The van der Waals surface area contributed by atoms with Gasteiger partial charge in [0.05, 0.1) is 25.3 Å². The van der Waals surface area contributed by atoms with Crippen molar-refractivity contribution in [3.05, 3.63) is 86.9 Å². The van der Waals surface area contributed by atoms with Gasteiger partial charge in [0.1, 0.15) is 5.82 Å². The van der Waals surface area contributed by atoms with Crippen molar-refractivity contribution in [3.63, 3.8) is 0 Å². The molecule has 4 rings (SSSR count). The van der Waals surface area contributed by atoms with E-state index in [1.54, 1.807) is 17.0 Å². The van der Waals surface area contributed by atoms with Crippen LogP contribution in [0.15, 0.2) is 58.9 Å². The van der Waals surface area contributed by atoms with E-state index in [0.717, 1.165) is 11.3 Å². The largest absolute Gasteiger partial charge is 0.378 e. The van der Waals surface area contributed by atoms with E-state index in [1.807, 2.05) is 35.1 Å². The fourth-order valence-corrected chi connectivity index (χ4v) is 4.29. The first-order valence-corrected chi connectivity index (χ1v) is 10.9. The monoisotopic (exact) mass is 439 g/mol. The van der Waals surface area contributed by atoms with E-state index in [9.17, 15) is 14.0 Å². The summed E-state index contributed by atoms with van der Waals surface area (Å²) in [6.07, 6.45) is 0. The number of rotatable bonds is 4. The minimum atomic E-state index is -0.620. The average molecular weight is 440 g/mol. The van der Waals surface area contributed by atoms with Crippen molar-refractivity contribution in [2.24, 2.45) is 4.99 Å². The second-order valence-electron chi connectivity index (χ2n) is 7.25. The second-order valence-corrected chi connectivity index (χ2v) is 8.08. The van der Waals surface area contributed by atoms with E-state index in [2.05, 4.69) is 4.99 Å². The molecule has 0 aliphatic carbocycles. The lowest BCUT2D eigenvalue weighted by Crippen LogP contribution is -2.40. The topological polar surface area (TPSA) is 63.9 Å². The molecule has 0 unspecified atom stereocenters. The minimum absolute atomic E-state index is 0.0168. The summed E-state index contributed by atoms with van der Waals surface area (Å²) in [5, 5.41) is 1.90. The Morgan fingerprint density at radius 1 is 1.13 bits per heavy atom. The Kier molecular flexibility index (Phi) is 6.39. The Morgan fingerprint density at radius 2 is 1.90 bits per heavy atom. The van der Waals surface area contributed by atoms with Crippen molar-refractivity contribution in [2.45, 2.75) is 13.5 Å². The molecule has 1 aromatic heterocycles. The molecule has 2 amide bonds. The van der Waals surface area contributed by atoms with Gasteiger partial charge in [-0.25, -0.2) is 4.39 Å². The summed E-state index contributed by atoms with van der Waals surface area (Å²) >= 11 is 1.32. The highest BCUT2D eigenvalue weighted by molar-refractivity contribution is 7.07. The molecule has 8 heteroatoms. The van der Waals surface area contributed by atoms with E-state index in [4.69, 9.17) is 4.74 Å². The van der Waals surface area contributed by atoms with Gasteiger partial charge in [-0.2, -0.15) is 4.99 Å². The summed E-state index contributed by atoms with van der Waals surface area (Å²) in [4.78, 5) is 31.7. The third kappa shape index (κ3) is 4.81. The van der Waals surface area contributed by atoms with Gasteiger partial charge >= 0.3 is 0 Å². The van der Waals surface area contributed by atoms with Crippen molar-refractivity contribution in [1.82, 2.24) is 9.47 Å². The Bertz CT molecular complexity index is 1180. The molecule has 2 heterocycles. The van der Waals surface area contributed by atoms with Crippen molar-refractivity contribution >= 4 is 23.2 Å². The van der Waals surface area contributed by atoms with Gasteiger partial charge in [-0.15, -0.1) is 11.3 Å². The van der Waals surface area contributed by atoms with Crippen LogP contribution in [0.1, 0.15) is 32.0 Å². The van der Waals surface area contributed by atoms with Gasteiger partial charge in [0.25, 0.3) is 11.8 Å². The number of aromatic nitrogens is 1. The maximum atomic E-state index is 13.9. The standard InChI is InChI=1S/C23H22FN3O3S/c1-16-15-31-23(25-21(28)19-7-2-3-8-20(19)24)27(16)14-17-5-4-6-18(13-17)22(29)26-9-11-30-12-10-26/h2-8,13,15H,9-12,14H2,1H3. The summed E-state index contributed by atoms with van der Waals surface area (Å²) in [6, 6.07) is 13.3. The zero-order valence-electron chi connectivity index (χ0n) is 17.1. The van der Waals surface area contributed by atoms with Crippen LogP contribution in [-0.2, 0) is 11.3 Å². The number of carbonyl (C=O) groups excluding carboxylic acids is 2. The molecule has 2 aromatic carbocycles. The normalized spacial score (nSPS) is 14.6. The van der Waals surface area contributed by atoms with E-state index >= 15 is 0 Å². The predicted molar refractivity (Wildman–Crippen MR) is 116 cm³/mol. The van der Waals surface area contributed by atoms with Gasteiger partial charge in [-0.3, -0.25) is 9.59 Å². The number of aryl methyl sites for hydroxylation is 1. The highest BCUT2D eigenvalue weighted by atomic mass is 32.1. The van der Waals surface area contributed by atoms with Gasteiger partial charge in [-0.1, -0.05) is 24.3 Å². The van der Waals surface area contributed by atoms with Crippen LogP contribution >= 0.6 is 11.3 Å². The Morgan fingerprint density at radius 3 is 2.68 bits per heavy atom. The van der Waals surface area contributed by atoms with Crippen molar-refractivity contribution in [1.29, 1.82) is 0 Å². The molecule has 0 saturated carbocycles. The molecule has 1 saturated heterocycles. The average Bonchev–Trinajstić information content (AvgIpc) is 3.13. The van der Waals surface area contributed by atoms with Crippen LogP contribution in [0.5, 0.6) is 0 Å². The van der Waals surface area contributed by atoms with Gasteiger partial charge in [-0.05, 0) is 36.8 Å². The fraction of sp³-hybridized carbons (Fsp3) is 0.261. The predicted octanol–water partition coefficient (Wildman–Crippen LogP) is 3.26. The number of halogens is 1. The van der Waals surface area contributed by atoms with Crippen LogP contribution in [0.3, 0.4) is 0 Å². The molecule has 0 N–H and O–H groups in total. The molecule has 3 aromatic rings. The van der Waals surface area contributed by atoms with Gasteiger partial charge in [0.2, 0.25) is 0 Å². The first-order chi connectivity index (χ1) is 15.0. The molecule has 1 fully saturated rings. The van der Waals surface area contributed by atoms with E-state index < -0.39 is 11.7 Å². The van der Waals surface area contributed by atoms with Crippen LogP contribution in [-0.4, -0.2) is 47.6 Å². The van der Waals surface area contributed by atoms with E-state index in [-0.39, 0.29) is 11.5 Å². The highest BCUT2D eigenvalue weighted by Crippen LogP contribution is 2.13. The molecule has 0 spiro atoms. The number of ether oxygens (including phenoxy) is 1. The maximum Gasteiger partial charge on any atom is 0.282 e. The molecule has 160 valence electrons. The molecule has 0 radical (unpaired) electrons. The van der Waals surface area contributed by atoms with Gasteiger partial charge in [0.15, 0.2) is 4.80 Å². The molecule has 0 atom stereocenters. The highest BCUT2D eigenvalue weighted by Gasteiger charge is 2.19. The molecule has 6 nitrogen and oxygen atoms in total. The van der Waals surface area contributed by atoms with Crippen LogP contribution in [0, 0.1) is 12.7 Å². The lowest BCUT2D eigenvalue weighted by atomic mass is 10.1. The summed E-state index contributed by atoms with van der Waals surface area (Å²) in [7, 11) is 0. The SMILES string of the molecule is Cc1csc(=NC(=O)c2ccccc2F)n1Cc1cccc(C(=O)N2CCOCC2)c1. The number of hydrogen-bond donors (Lipinski definition) is 0. The third-order valence-electron chi connectivity index (χ3n) is 5.11. The molecule has 1 aliphatic heterocycles. The van der Waals surface area contributed by atoms with Crippen molar-refractivity contribution in [2.75, 3.05) is 26.3 Å².